The van der Waals surface area contributed by atoms with Crippen molar-refractivity contribution in [1.82, 2.24) is 0 Å². The van der Waals surface area contributed by atoms with Crippen LogP contribution >= 0.6 is 0 Å². The molecule has 2 aromatic rings. The third kappa shape index (κ3) is 4.39. The Labute approximate surface area is 189 Å². The number of carbonyl (C=O) groups excluding carboxylic acids is 4. The first-order valence-corrected chi connectivity index (χ1v) is 10.7. The molecule has 4 rings (SSSR count). The summed E-state index contributed by atoms with van der Waals surface area (Å²) in [6, 6.07) is 10.9. The van der Waals surface area contributed by atoms with Crippen LogP contribution in [0.3, 0.4) is 0 Å². The van der Waals surface area contributed by atoms with Crippen LogP contribution in [0.4, 0.5) is 11.4 Å². The molecule has 2 amide bonds. The van der Waals surface area contributed by atoms with Crippen molar-refractivity contribution in [1.29, 1.82) is 0 Å². The van der Waals surface area contributed by atoms with E-state index in [-0.39, 0.29) is 40.5 Å². The van der Waals surface area contributed by atoms with E-state index < -0.39 is 23.3 Å². The molecule has 0 bridgehead atoms. The highest BCUT2D eigenvalue weighted by Crippen LogP contribution is 2.42. The minimum absolute atomic E-state index is 0.146. The second kappa shape index (κ2) is 8.93. The van der Waals surface area contributed by atoms with Gasteiger partial charge in [0, 0.05) is 17.7 Å². The smallest absolute Gasteiger partial charge is 0.338 e. The van der Waals surface area contributed by atoms with Crippen LogP contribution < -0.4 is 4.90 Å². The van der Waals surface area contributed by atoms with E-state index >= 15 is 0 Å². The van der Waals surface area contributed by atoms with E-state index in [1.54, 1.807) is 0 Å². The number of Topliss-reactive ketones (excluding diaryl/α,β-unsaturated/α-hetero) is 1. The number of nitro benzene ring substituents is 1. The number of carbonyl (C=O) groups is 4. The standard InChI is InChI=1S/C24H22N2O7/c1-14-2-11-19-20(12-14)23(29)25(22(19)28)17-7-5-16(6-8-17)24(30)33-13-21(27)15-3-9-18(10-4-15)26(31)32/h3-10,14,19-20H,2,11-13H2,1H3/t14-,19-,20-/m1/s1. The third-order valence-electron chi connectivity index (χ3n) is 6.28. The summed E-state index contributed by atoms with van der Waals surface area (Å²) in [5.41, 5.74) is 0.615. The number of nitro groups is 1. The van der Waals surface area contributed by atoms with E-state index in [4.69, 9.17) is 4.74 Å². The lowest BCUT2D eigenvalue weighted by Gasteiger charge is -2.25. The van der Waals surface area contributed by atoms with Gasteiger partial charge in [-0.2, -0.15) is 0 Å². The lowest BCUT2D eigenvalue weighted by Crippen LogP contribution is -2.30. The van der Waals surface area contributed by atoms with E-state index in [9.17, 15) is 29.3 Å². The number of rotatable bonds is 6. The summed E-state index contributed by atoms with van der Waals surface area (Å²) >= 11 is 0. The molecular weight excluding hydrogens is 428 g/mol. The molecule has 9 heteroatoms. The van der Waals surface area contributed by atoms with E-state index in [0.29, 0.717) is 24.4 Å². The monoisotopic (exact) mass is 450 g/mol. The molecule has 9 nitrogen and oxygen atoms in total. The van der Waals surface area contributed by atoms with Crippen molar-refractivity contribution in [3.63, 3.8) is 0 Å². The number of non-ortho nitro benzene ring substituents is 1. The van der Waals surface area contributed by atoms with E-state index in [0.717, 1.165) is 6.42 Å². The molecule has 1 saturated heterocycles. The molecule has 0 spiro atoms. The summed E-state index contributed by atoms with van der Waals surface area (Å²) < 4.78 is 5.05. The highest BCUT2D eigenvalue weighted by atomic mass is 16.6. The second-order valence-corrected chi connectivity index (χ2v) is 8.49. The van der Waals surface area contributed by atoms with Crippen molar-refractivity contribution in [2.45, 2.75) is 26.2 Å². The fourth-order valence-corrected chi connectivity index (χ4v) is 4.46. The van der Waals surface area contributed by atoms with Crippen molar-refractivity contribution in [3.8, 4) is 0 Å². The van der Waals surface area contributed by atoms with Crippen molar-refractivity contribution >= 4 is 34.9 Å². The molecule has 0 N–H and O–H groups in total. The number of benzene rings is 2. The van der Waals surface area contributed by atoms with Gasteiger partial charge < -0.3 is 4.74 Å². The van der Waals surface area contributed by atoms with Crippen molar-refractivity contribution < 1.29 is 28.8 Å². The van der Waals surface area contributed by atoms with Gasteiger partial charge in [0.2, 0.25) is 11.8 Å². The Morgan fingerprint density at radius 2 is 1.58 bits per heavy atom. The zero-order chi connectivity index (χ0) is 23.7. The highest BCUT2D eigenvalue weighted by Gasteiger charge is 2.49. The number of amides is 2. The normalized spacial score (nSPS) is 22.1. The number of hydrogen-bond acceptors (Lipinski definition) is 7. The zero-order valence-corrected chi connectivity index (χ0v) is 17.9. The first-order valence-electron chi connectivity index (χ1n) is 10.7. The van der Waals surface area contributed by atoms with Gasteiger partial charge in [-0.15, -0.1) is 0 Å². The molecule has 2 aromatic carbocycles. The average Bonchev–Trinajstić information content (AvgIpc) is 3.06. The largest absolute Gasteiger partial charge is 0.454 e. The Morgan fingerprint density at radius 3 is 2.21 bits per heavy atom. The summed E-state index contributed by atoms with van der Waals surface area (Å²) in [7, 11) is 0. The number of hydrogen-bond donors (Lipinski definition) is 0. The Morgan fingerprint density at radius 1 is 0.970 bits per heavy atom. The lowest BCUT2D eigenvalue weighted by atomic mass is 9.76. The number of ketones is 1. The number of ether oxygens (including phenoxy) is 1. The Hall–Kier alpha value is -3.88. The van der Waals surface area contributed by atoms with Crippen LogP contribution in [0.15, 0.2) is 48.5 Å². The number of esters is 1. The maximum atomic E-state index is 12.8. The van der Waals surface area contributed by atoms with E-state index in [1.165, 1.54) is 53.4 Å². The van der Waals surface area contributed by atoms with Crippen LogP contribution in [0.2, 0.25) is 0 Å². The van der Waals surface area contributed by atoms with Crippen molar-refractivity contribution in [2.24, 2.45) is 17.8 Å². The minimum Gasteiger partial charge on any atom is -0.454 e. The van der Waals surface area contributed by atoms with Gasteiger partial charge in [-0.05, 0) is 61.6 Å². The fraction of sp³-hybridized carbons (Fsp3) is 0.333. The molecular formula is C24H22N2O7. The summed E-state index contributed by atoms with van der Waals surface area (Å²) in [6.07, 6.45) is 2.34. The second-order valence-electron chi connectivity index (χ2n) is 8.49. The van der Waals surface area contributed by atoms with E-state index in [1.807, 2.05) is 0 Å². The van der Waals surface area contributed by atoms with E-state index in [2.05, 4.69) is 6.92 Å². The van der Waals surface area contributed by atoms with Crippen LogP contribution in [-0.4, -0.2) is 35.1 Å². The fourth-order valence-electron chi connectivity index (χ4n) is 4.46. The molecule has 1 aliphatic carbocycles. The number of anilines is 1. The van der Waals surface area contributed by atoms with Crippen LogP contribution in [0.25, 0.3) is 0 Å². The predicted molar refractivity (Wildman–Crippen MR) is 117 cm³/mol. The van der Waals surface area contributed by atoms with Crippen LogP contribution in [0.1, 0.15) is 46.9 Å². The first-order chi connectivity index (χ1) is 15.8. The van der Waals surface area contributed by atoms with Crippen LogP contribution in [0, 0.1) is 27.9 Å². The molecule has 33 heavy (non-hydrogen) atoms. The molecule has 2 fully saturated rings. The van der Waals surface area contributed by atoms with Gasteiger partial charge in [0.15, 0.2) is 12.4 Å². The average molecular weight is 450 g/mol. The van der Waals surface area contributed by atoms with Gasteiger partial charge in [-0.25, -0.2) is 4.79 Å². The third-order valence-corrected chi connectivity index (χ3v) is 6.28. The molecule has 0 radical (unpaired) electrons. The van der Waals surface area contributed by atoms with Gasteiger partial charge in [0.25, 0.3) is 5.69 Å². The zero-order valence-electron chi connectivity index (χ0n) is 17.9. The van der Waals surface area contributed by atoms with Gasteiger partial charge >= 0.3 is 5.97 Å². The van der Waals surface area contributed by atoms with Crippen LogP contribution in [-0.2, 0) is 14.3 Å². The molecule has 2 aliphatic rings. The van der Waals surface area contributed by atoms with Gasteiger partial charge in [0.05, 0.1) is 28.0 Å². The molecule has 1 heterocycles. The summed E-state index contributed by atoms with van der Waals surface area (Å²) in [5, 5.41) is 10.7. The summed E-state index contributed by atoms with van der Waals surface area (Å²) in [4.78, 5) is 61.4. The van der Waals surface area contributed by atoms with Gasteiger partial charge in [-0.3, -0.25) is 29.4 Å². The molecule has 1 saturated carbocycles. The Bertz CT molecular complexity index is 1120. The predicted octanol–water partition coefficient (Wildman–Crippen LogP) is 3.56. The van der Waals surface area contributed by atoms with Gasteiger partial charge in [0.1, 0.15) is 0 Å². The minimum atomic E-state index is -0.738. The summed E-state index contributed by atoms with van der Waals surface area (Å²) in [5.74, 6) is -1.77. The number of nitrogens with zero attached hydrogens (tertiary/aromatic N) is 2. The molecule has 1 aliphatic heterocycles. The summed E-state index contributed by atoms with van der Waals surface area (Å²) in [6.45, 7) is 1.56. The number of fused-ring (bicyclic) bond motifs is 1. The Balaban J connectivity index is 1.38. The molecule has 0 unspecified atom stereocenters. The quantitative estimate of drug-likeness (QED) is 0.217. The maximum absolute atomic E-state index is 12.8. The number of imide groups is 1. The van der Waals surface area contributed by atoms with Crippen molar-refractivity contribution in [3.05, 3.63) is 69.8 Å². The highest BCUT2D eigenvalue weighted by molar-refractivity contribution is 6.22. The molecule has 3 atom stereocenters. The molecule has 0 aromatic heterocycles. The van der Waals surface area contributed by atoms with Crippen LogP contribution in [0.5, 0.6) is 0 Å². The Kier molecular flexibility index (Phi) is 6.04. The van der Waals surface area contributed by atoms with Gasteiger partial charge in [-0.1, -0.05) is 6.92 Å². The maximum Gasteiger partial charge on any atom is 0.338 e. The topological polar surface area (TPSA) is 124 Å². The molecule has 170 valence electrons. The SMILES string of the molecule is C[C@@H]1CC[C@H]2C(=O)N(c3ccc(C(=O)OCC(=O)c4ccc([N+](=O)[O-])cc4)cc3)C(=O)[C@@H]2C1. The lowest BCUT2D eigenvalue weighted by molar-refractivity contribution is -0.384. The first kappa shape index (κ1) is 22.3. The van der Waals surface area contributed by atoms with Crippen molar-refractivity contribution in [2.75, 3.05) is 11.5 Å².